The van der Waals surface area contributed by atoms with Gasteiger partial charge in [0.1, 0.15) is 0 Å². The molecule has 0 aliphatic rings. The summed E-state index contributed by atoms with van der Waals surface area (Å²) in [5, 5.41) is 3.20. The van der Waals surface area contributed by atoms with Gasteiger partial charge in [0, 0.05) is 18.2 Å². The van der Waals surface area contributed by atoms with Crippen molar-refractivity contribution in [3.05, 3.63) is 59.6 Å². The highest BCUT2D eigenvalue weighted by Gasteiger charge is 2.07. The molecule has 0 saturated carbocycles. The molecular formula is C13H13F2NO. The first-order chi connectivity index (χ1) is 8.16. The second kappa shape index (κ2) is 5.10. The molecule has 0 fully saturated rings. The molecule has 2 aromatic rings. The normalized spacial score (nSPS) is 12.6. The minimum Gasteiger partial charge on any atom is -0.472 e. The van der Waals surface area contributed by atoms with Gasteiger partial charge in [-0.3, -0.25) is 0 Å². The van der Waals surface area contributed by atoms with Crippen molar-refractivity contribution in [2.24, 2.45) is 0 Å². The first-order valence-electron chi connectivity index (χ1n) is 5.36. The van der Waals surface area contributed by atoms with E-state index in [-0.39, 0.29) is 6.04 Å². The third-order valence-corrected chi connectivity index (χ3v) is 2.64. The maximum Gasteiger partial charge on any atom is 0.159 e. The molecule has 1 atom stereocenters. The molecule has 0 saturated heterocycles. The minimum atomic E-state index is -0.823. The molecule has 2 nitrogen and oxygen atoms in total. The Morgan fingerprint density at radius 3 is 2.71 bits per heavy atom. The van der Waals surface area contributed by atoms with Gasteiger partial charge in [-0.1, -0.05) is 6.07 Å². The zero-order valence-corrected chi connectivity index (χ0v) is 9.41. The second-order valence-corrected chi connectivity index (χ2v) is 3.91. The molecule has 4 heteroatoms. The lowest BCUT2D eigenvalue weighted by atomic mass is 10.1. The number of hydrogen-bond donors (Lipinski definition) is 1. The van der Waals surface area contributed by atoms with Crippen LogP contribution in [0.3, 0.4) is 0 Å². The van der Waals surface area contributed by atoms with Crippen LogP contribution in [0, 0.1) is 11.6 Å². The van der Waals surface area contributed by atoms with Crippen LogP contribution in [0.5, 0.6) is 0 Å². The first-order valence-corrected chi connectivity index (χ1v) is 5.36. The van der Waals surface area contributed by atoms with E-state index in [9.17, 15) is 8.78 Å². The van der Waals surface area contributed by atoms with Crippen LogP contribution in [0.15, 0.2) is 41.2 Å². The Labute approximate surface area is 98.3 Å². The van der Waals surface area contributed by atoms with Crippen molar-refractivity contribution in [3.63, 3.8) is 0 Å². The Bertz CT molecular complexity index is 482. The number of hydrogen-bond acceptors (Lipinski definition) is 2. The van der Waals surface area contributed by atoms with Crippen molar-refractivity contribution in [1.82, 2.24) is 5.32 Å². The zero-order valence-electron chi connectivity index (χ0n) is 9.41. The summed E-state index contributed by atoms with van der Waals surface area (Å²) in [4.78, 5) is 0. The molecule has 17 heavy (non-hydrogen) atoms. The third-order valence-electron chi connectivity index (χ3n) is 2.64. The summed E-state index contributed by atoms with van der Waals surface area (Å²) in [6.45, 7) is 2.45. The molecule has 1 aromatic heterocycles. The summed E-state index contributed by atoms with van der Waals surface area (Å²) in [5.41, 5.74) is 1.73. The summed E-state index contributed by atoms with van der Waals surface area (Å²) >= 11 is 0. The SMILES string of the molecule is CC(NCc1ccc(F)c(F)c1)c1ccoc1. The molecule has 0 aliphatic heterocycles. The quantitative estimate of drug-likeness (QED) is 0.881. The molecule has 0 aliphatic carbocycles. The van der Waals surface area contributed by atoms with Gasteiger partial charge in [0.25, 0.3) is 0 Å². The fraction of sp³-hybridized carbons (Fsp3) is 0.231. The predicted molar refractivity (Wildman–Crippen MR) is 60.3 cm³/mol. The molecule has 0 bridgehead atoms. The number of rotatable bonds is 4. The number of furan rings is 1. The molecule has 1 N–H and O–H groups in total. The van der Waals surface area contributed by atoms with E-state index >= 15 is 0 Å². The minimum absolute atomic E-state index is 0.0989. The average molecular weight is 237 g/mol. The maximum atomic E-state index is 13.0. The highest BCUT2D eigenvalue weighted by atomic mass is 19.2. The van der Waals surface area contributed by atoms with Crippen LogP contribution in [-0.2, 0) is 6.54 Å². The van der Waals surface area contributed by atoms with E-state index in [1.54, 1.807) is 18.6 Å². The van der Waals surface area contributed by atoms with Crippen LogP contribution in [0.25, 0.3) is 0 Å². The summed E-state index contributed by atoms with van der Waals surface area (Å²) in [6, 6.07) is 5.86. The zero-order chi connectivity index (χ0) is 12.3. The fourth-order valence-electron chi connectivity index (χ4n) is 1.56. The van der Waals surface area contributed by atoms with Crippen LogP contribution < -0.4 is 5.32 Å². The van der Waals surface area contributed by atoms with Gasteiger partial charge >= 0.3 is 0 Å². The van der Waals surface area contributed by atoms with Crippen LogP contribution in [0.1, 0.15) is 24.1 Å². The second-order valence-electron chi connectivity index (χ2n) is 3.91. The highest BCUT2D eigenvalue weighted by Crippen LogP contribution is 2.14. The average Bonchev–Trinajstić information content (AvgIpc) is 2.84. The van der Waals surface area contributed by atoms with Crippen molar-refractivity contribution in [3.8, 4) is 0 Å². The fourth-order valence-corrected chi connectivity index (χ4v) is 1.56. The van der Waals surface area contributed by atoms with Gasteiger partial charge in [0.05, 0.1) is 12.5 Å². The lowest BCUT2D eigenvalue weighted by Gasteiger charge is -2.11. The summed E-state index contributed by atoms with van der Waals surface area (Å²) in [5.74, 6) is -1.64. The van der Waals surface area contributed by atoms with Gasteiger partial charge in [-0.15, -0.1) is 0 Å². The van der Waals surface area contributed by atoms with Gasteiger partial charge in [-0.2, -0.15) is 0 Å². The largest absolute Gasteiger partial charge is 0.472 e. The topological polar surface area (TPSA) is 25.2 Å². The monoisotopic (exact) mass is 237 g/mol. The summed E-state index contributed by atoms with van der Waals surface area (Å²) in [6.07, 6.45) is 3.26. The van der Waals surface area contributed by atoms with Crippen molar-refractivity contribution < 1.29 is 13.2 Å². The molecule has 0 amide bonds. The molecule has 0 radical (unpaired) electrons. The number of halogens is 2. The number of nitrogens with one attached hydrogen (secondary N) is 1. The van der Waals surface area contributed by atoms with E-state index < -0.39 is 11.6 Å². The lowest BCUT2D eigenvalue weighted by Crippen LogP contribution is -2.17. The summed E-state index contributed by atoms with van der Waals surface area (Å²) < 4.78 is 30.6. The molecule has 1 aromatic carbocycles. The van der Waals surface area contributed by atoms with Crippen LogP contribution in [-0.4, -0.2) is 0 Å². The van der Waals surface area contributed by atoms with Crippen LogP contribution in [0.2, 0.25) is 0 Å². The van der Waals surface area contributed by atoms with E-state index in [1.807, 2.05) is 13.0 Å². The smallest absolute Gasteiger partial charge is 0.159 e. The van der Waals surface area contributed by atoms with Gasteiger partial charge in [-0.25, -0.2) is 8.78 Å². The van der Waals surface area contributed by atoms with E-state index in [4.69, 9.17) is 4.42 Å². The number of benzene rings is 1. The van der Waals surface area contributed by atoms with Gasteiger partial charge in [0.15, 0.2) is 11.6 Å². The Hall–Kier alpha value is -1.68. The maximum absolute atomic E-state index is 13.0. The summed E-state index contributed by atoms with van der Waals surface area (Å²) in [7, 11) is 0. The van der Waals surface area contributed by atoms with Crippen molar-refractivity contribution in [2.45, 2.75) is 19.5 Å². The third kappa shape index (κ3) is 2.91. The highest BCUT2D eigenvalue weighted by molar-refractivity contribution is 5.18. The Morgan fingerprint density at radius 1 is 1.24 bits per heavy atom. The Balaban J connectivity index is 1.96. The van der Waals surface area contributed by atoms with Gasteiger partial charge in [0.2, 0.25) is 0 Å². The Kier molecular flexibility index (Phi) is 3.54. The molecule has 90 valence electrons. The van der Waals surface area contributed by atoms with Crippen molar-refractivity contribution in [2.75, 3.05) is 0 Å². The molecular weight excluding hydrogens is 224 g/mol. The van der Waals surface area contributed by atoms with Gasteiger partial charge in [-0.05, 0) is 30.7 Å². The first kappa shape index (κ1) is 11.8. The van der Waals surface area contributed by atoms with Crippen molar-refractivity contribution >= 4 is 0 Å². The van der Waals surface area contributed by atoms with Crippen LogP contribution >= 0.6 is 0 Å². The van der Waals surface area contributed by atoms with Crippen molar-refractivity contribution in [1.29, 1.82) is 0 Å². The molecule has 1 heterocycles. The van der Waals surface area contributed by atoms with Crippen LogP contribution in [0.4, 0.5) is 8.78 Å². The standard InChI is InChI=1S/C13H13F2NO/c1-9(11-4-5-17-8-11)16-7-10-2-3-12(14)13(15)6-10/h2-6,8-9,16H,7H2,1H3. The van der Waals surface area contributed by atoms with Gasteiger partial charge < -0.3 is 9.73 Å². The molecule has 0 spiro atoms. The lowest BCUT2D eigenvalue weighted by molar-refractivity contribution is 0.503. The van der Waals surface area contributed by atoms with E-state index in [2.05, 4.69) is 5.32 Å². The predicted octanol–water partition coefficient (Wildman–Crippen LogP) is 3.41. The Morgan fingerprint density at radius 2 is 2.06 bits per heavy atom. The van der Waals surface area contributed by atoms with E-state index in [0.29, 0.717) is 12.1 Å². The molecule has 1 unspecified atom stereocenters. The molecule has 2 rings (SSSR count). The van der Waals surface area contributed by atoms with E-state index in [0.717, 1.165) is 11.6 Å². The van der Waals surface area contributed by atoms with E-state index in [1.165, 1.54) is 6.07 Å².